The third kappa shape index (κ3) is 3.32. The maximum absolute atomic E-state index is 11.1. The van der Waals surface area contributed by atoms with Crippen molar-refractivity contribution in [3.05, 3.63) is 0 Å². The molecule has 4 nitrogen and oxygen atoms in total. The van der Waals surface area contributed by atoms with E-state index in [9.17, 15) is 4.57 Å². The molecule has 0 heterocycles. The molecule has 0 unspecified atom stereocenters. The lowest BCUT2D eigenvalue weighted by Crippen LogP contribution is -2.02. The van der Waals surface area contributed by atoms with Crippen molar-refractivity contribution in [3.63, 3.8) is 0 Å². The van der Waals surface area contributed by atoms with Crippen LogP contribution >= 0.6 is 7.82 Å². The Hall–Kier alpha value is 0.110. The van der Waals surface area contributed by atoms with Gasteiger partial charge in [0, 0.05) is 14.2 Å². The first-order valence-electron chi connectivity index (χ1n) is 2.94. The molecule has 0 aliphatic heterocycles. The molecule has 0 atom stereocenters. The van der Waals surface area contributed by atoms with Gasteiger partial charge in [-0.1, -0.05) is 0 Å². The van der Waals surface area contributed by atoms with Gasteiger partial charge in [-0.15, -0.1) is 0 Å². The Morgan fingerprint density at radius 3 is 1.70 bits per heavy atom. The second kappa shape index (κ2) is 4.09. The van der Waals surface area contributed by atoms with Crippen LogP contribution in [0, 0.1) is 0 Å². The number of phosphoric ester groups is 1. The maximum Gasteiger partial charge on any atom is 0.474 e. The standard InChI is InChI=1S/C5H13O4P/c1-5(2)9-10(6,7-3)8-4/h5H,1-4H3. The largest absolute Gasteiger partial charge is 0.474 e. The third-order valence-corrected chi connectivity index (χ3v) is 2.36. The summed E-state index contributed by atoms with van der Waals surface area (Å²) in [7, 11) is -0.669. The molecule has 0 N–H and O–H groups in total. The summed E-state index contributed by atoms with van der Waals surface area (Å²) in [6, 6.07) is 0. The van der Waals surface area contributed by atoms with E-state index in [4.69, 9.17) is 4.52 Å². The molecule has 0 bridgehead atoms. The summed E-state index contributed by atoms with van der Waals surface area (Å²) in [5.74, 6) is 0. The van der Waals surface area contributed by atoms with Gasteiger partial charge in [-0.2, -0.15) is 0 Å². The Labute approximate surface area is 61.1 Å². The second-order valence-corrected chi connectivity index (χ2v) is 3.80. The molecule has 0 aromatic rings. The monoisotopic (exact) mass is 168 g/mol. The molecule has 0 aliphatic carbocycles. The molecule has 5 heteroatoms. The predicted octanol–water partition coefficient (Wildman–Crippen LogP) is 1.81. The van der Waals surface area contributed by atoms with Gasteiger partial charge in [0.1, 0.15) is 0 Å². The zero-order valence-corrected chi connectivity index (χ0v) is 7.55. The quantitative estimate of drug-likeness (QED) is 0.600. The molecule has 0 radical (unpaired) electrons. The van der Waals surface area contributed by atoms with Crippen molar-refractivity contribution in [2.24, 2.45) is 0 Å². The van der Waals surface area contributed by atoms with Crippen LogP contribution in [0.2, 0.25) is 0 Å². The van der Waals surface area contributed by atoms with Crippen LogP contribution in [0.3, 0.4) is 0 Å². The van der Waals surface area contributed by atoms with Gasteiger partial charge < -0.3 is 0 Å². The maximum atomic E-state index is 11.1. The average Bonchev–Trinajstić information content (AvgIpc) is 1.87. The van der Waals surface area contributed by atoms with Crippen LogP contribution in [-0.2, 0) is 18.1 Å². The summed E-state index contributed by atoms with van der Waals surface area (Å²) < 4.78 is 25.0. The van der Waals surface area contributed by atoms with Crippen LogP contribution in [0.1, 0.15) is 13.8 Å². The zero-order valence-electron chi connectivity index (χ0n) is 6.66. The molecule has 0 amide bonds. The molecule has 0 aromatic heterocycles. The number of rotatable bonds is 4. The molecular weight excluding hydrogens is 155 g/mol. The van der Waals surface area contributed by atoms with E-state index in [0.717, 1.165) is 0 Å². The molecule has 0 spiro atoms. The van der Waals surface area contributed by atoms with Gasteiger partial charge >= 0.3 is 7.82 Å². The molecule has 62 valence electrons. The van der Waals surface area contributed by atoms with Gasteiger partial charge in [-0.05, 0) is 13.8 Å². The average molecular weight is 168 g/mol. The van der Waals surface area contributed by atoms with Crippen molar-refractivity contribution in [1.29, 1.82) is 0 Å². The highest BCUT2D eigenvalue weighted by Crippen LogP contribution is 2.48. The molecule has 0 aliphatic rings. The van der Waals surface area contributed by atoms with Gasteiger partial charge in [0.15, 0.2) is 0 Å². The van der Waals surface area contributed by atoms with Crippen molar-refractivity contribution in [2.75, 3.05) is 14.2 Å². The zero-order chi connectivity index (χ0) is 8.20. The van der Waals surface area contributed by atoms with Crippen molar-refractivity contribution in [1.82, 2.24) is 0 Å². The second-order valence-electron chi connectivity index (χ2n) is 1.97. The van der Waals surface area contributed by atoms with E-state index >= 15 is 0 Å². The van der Waals surface area contributed by atoms with Crippen molar-refractivity contribution in [2.45, 2.75) is 20.0 Å². The summed E-state index contributed by atoms with van der Waals surface area (Å²) in [5.41, 5.74) is 0. The summed E-state index contributed by atoms with van der Waals surface area (Å²) in [6.07, 6.45) is -0.161. The molecule has 10 heavy (non-hydrogen) atoms. The Morgan fingerprint density at radius 2 is 1.60 bits per heavy atom. The van der Waals surface area contributed by atoms with E-state index < -0.39 is 7.82 Å². The van der Waals surface area contributed by atoms with Crippen LogP contribution in [0.15, 0.2) is 0 Å². The van der Waals surface area contributed by atoms with E-state index in [-0.39, 0.29) is 6.10 Å². The summed E-state index contributed by atoms with van der Waals surface area (Å²) in [5, 5.41) is 0. The SMILES string of the molecule is COP(=O)(OC)OC(C)C. The van der Waals surface area contributed by atoms with E-state index in [1.54, 1.807) is 13.8 Å². The van der Waals surface area contributed by atoms with Crippen molar-refractivity contribution < 1.29 is 18.1 Å². The third-order valence-electron chi connectivity index (χ3n) is 0.787. The number of hydrogen-bond donors (Lipinski definition) is 0. The Morgan fingerprint density at radius 1 is 1.20 bits per heavy atom. The van der Waals surface area contributed by atoms with Gasteiger partial charge in [0.25, 0.3) is 0 Å². The van der Waals surface area contributed by atoms with Gasteiger partial charge in [-0.25, -0.2) is 4.57 Å². The van der Waals surface area contributed by atoms with E-state index in [0.29, 0.717) is 0 Å². The number of phosphoric acid groups is 1. The molecular formula is C5H13O4P. The van der Waals surface area contributed by atoms with Crippen molar-refractivity contribution >= 4 is 7.82 Å². The van der Waals surface area contributed by atoms with E-state index in [1.165, 1.54) is 14.2 Å². The normalized spacial score (nSPS) is 12.5. The van der Waals surface area contributed by atoms with Gasteiger partial charge in [0.2, 0.25) is 0 Å². The lowest BCUT2D eigenvalue weighted by molar-refractivity contribution is 0.122. The topological polar surface area (TPSA) is 44.8 Å². The first-order valence-corrected chi connectivity index (χ1v) is 4.40. The predicted molar refractivity (Wildman–Crippen MR) is 37.8 cm³/mol. The number of hydrogen-bond acceptors (Lipinski definition) is 4. The van der Waals surface area contributed by atoms with E-state index in [1.807, 2.05) is 0 Å². The minimum atomic E-state index is -3.24. The van der Waals surface area contributed by atoms with Crippen LogP contribution in [-0.4, -0.2) is 20.3 Å². The highest BCUT2D eigenvalue weighted by molar-refractivity contribution is 7.48. The fourth-order valence-corrected chi connectivity index (χ4v) is 1.26. The molecule has 0 aromatic carbocycles. The van der Waals surface area contributed by atoms with E-state index in [2.05, 4.69) is 9.05 Å². The fraction of sp³-hybridized carbons (Fsp3) is 1.00. The lowest BCUT2D eigenvalue weighted by Gasteiger charge is -2.15. The molecule has 0 saturated carbocycles. The highest BCUT2D eigenvalue weighted by atomic mass is 31.2. The highest BCUT2D eigenvalue weighted by Gasteiger charge is 2.23. The smallest absolute Gasteiger partial charge is 0.290 e. The van der Waals surface area contributed by atoms with Gasteiger partial charge in [0.05, 0.1) is 6.10 Å². The van der Waals surface area contributed by atoms with Crippen LogP contribution in [0.5, 0.6) is 0 Å². The summed E-state index contributed by atoms with van der Waals surface area (Å²) >= 11 is 0. The summed E-state index contributed by atoms with van der Waals surface area (Å²) in [4.78, 5) is 0. The molecule has 0 rings (SSSR count). The first kappa shape index (κ1) is 10.1. The molecule has 0 fully saturated rings. The summed E-state index contributed by atoms with van der Waals surface area (Å²) in [6.45, 7) is 3.51. The van der Waals surface area contributed by atoms with Crippen LogP contribution in [0.25, 0.3) is 0 Å². The Bertz CT molecular complexity index is 126. The Balaban J connectivity index is 3.94. The minimum Gasteiger partial charge on any atom is -0.290 e. The minimum absolute atomic E-state index is 0.161. The fourth-order valence-electron chi connectivity index (χ4n) is 0.419. The molecule has 0 saturated heterocycles. The Kier molecular flexibility index (Phi) is 4.13. The van der Waals surface area contributed by atoms with Crippen molar-refractivity contribution in [3.8, 4) is 0 Å². The lowest BCUT2D eigenvalue weighted by atomic mass is 10.5. The van der Waals surface area contributed by atoms with Gasteiger partial charge in [-0.3, -0.25) is 13.6 Å². The first-order chi connectivity index (χ1) is 4.54. The van der Waals surface area contributed by atoms with Crippen LogP contribution in [0.4, 0.5) is 0 Å². The van der Waals surface area contributed by atoms with Crippen LogP contribution < -0.4 is 0 Å².